The summed E-state index contributed by atoms with van der Waals surface area (Å²) in [5.41, 5.74) is -0.212. The third-order valence-electron chi connectivity index (χ3n) is 2.82. The first-order valence-corrected chi connectivity index (χ1v) is 6.13. The van der Waals surface area contributed by atoms with Crippen molar-refractivity contribution in [1.82, 2.24) is 0 Å². The van der Waals surface area contributed by atoms with Gasteiger partial charge in [-0.25, -0.2) is 17.6 Å². The second-order valence-corrected chi connectivity index (χ2v) is 4.70. The molecule has 106 valence electrons. The van der Waals surface area contributed by atoms with E-state index in [1.54, 1.807) is 31.2 Å². The summed E-state index contributed by atoms with van der Waals surface area (Å²) in [5.74, 6) is -5.83. The van der Waals surface area contributed by atoms with Gasteiger partial charge in [0.25, 0.3) is 0 Å². The molecule has 0 aliphatic rings. The van der Waals surface area contributed by atoms with E-state index in [-0.39, 0.29) is 6.07 Å². The number of benzene rings is 2. The largest absolute Gasteiger partial charge is 0.374 e. The molecule has 1 unspecified atom stereocenters. The van der Waals surface area contributed by atoms with Gasteiger partial charge in [0.15, 0.2) is 23.3 Å². The molecule has 1 atom stereocenters. The molecule has 2 rings (SSSR count). The second kappa shape index (κ2) is 5.71. The van der Waals surface area contributed by atoms with Crippen LogP contribution in [0.2, 0.25) is 5.02 Å². The molecule has 0 fully saturated rings. The number of hydrogen-bond donors (Lipinski definition) is 1. The summed E-state index contributed by atoms with van der Waals surface area (Å²) in [6, 6.07) is 6.15. The van der Waals surface area contributed by atoms with Crippen LogP contribution >= 0.6 is 11.6 Å². The van der Waals surface area contributed by atoms with Gasteiger partial charge < -0.3 is 5.32 Å². The minimum Gasteiger partial charge on any atom is -0.374 e. The zero-order valence-corrected chi connectivity index (χ0v) is 11.1. The molecular formula is C14H10ClF4N. The predicted molar refractivity (Wildman–Crippen MR) is 69.8 cm³/mol. The van der Waals surface area contributed by atoms with Gasteiger partial charge in [-0.05, 0) is 24.6 Å². The van der Waals surface area contributed by atoms with Crippen LogP contribution in [0.1, 0.15) is 18.5 Å². The highest BCUT2D eigenvalue weighted by Gasteiger charge is 2.20. The van der Waals surface area contributed by atoms with Crippen LogP contribution in [0.5, 0.6) is 0 Å². The molecule has 0 heterocycles. The third-order valence-corrected chi connectivity index (χ3v) is 3.06. The summed E-state index contributed by atoms with van der Waals surface area (Å²) < 4.78 is 53.2. The molecule has 2 aromatic rings. The fourth-order valence-electron chi connectivity index (χ4n) is 1.78. The maximum Gasteiger partial charge on any atom is 0.185 e. The van der Waals surface area contributed by atoms with Crippen molar-refractivity contribution in [1.29, 1.82) is 0 Å². The first-order chi connectivity index (χ1) is 9.40. The van der Waals surface area contributed by atoms with Crippen molar-refractivity contribution in [3.63, 3.8) is 0 Å². The van der Waals surface area contributed by atoms with Crippen molar-refractivity contribution in [2.24, 2.45) is 0 Å². The molecule has 6 heteroatoms. The second-order valence-electron chi connectivity index (χ2n) is 4.26. The Labute approximate surface area is 118 Å². The minimum absolute atomic E-state index is 0.167. The Morgan fingerprint density at radius 1 is 1.00 bits per heavy atom. The van der Waals surface area contributed by atoms with E-state index in [1.807, 2.05) is 0 Å². The number of halogens is 5. The molecule has 20 heavy (non-hydrogen) atoms. The van der Waals surface area contributed by atoms with E-state index in [1.165, 1.54) is 0 Å². The van der Waals surface area contributed by atoms with Crippen molar-refractivity contribution >= 4 is 17.3 Å². The van der Waals surface area contributed by atoms with E-state index < -0.39 is 35.0 Å². The topological polar surface area (TPSA) is 12.0 Å². The Morgan fingerprint density at radius 2 is 1.60 bits per heavy atom. The van der Waals surface area contributed by atoms with Gasteiger partial charge in [0, 0.05) is 17.1 Å². The van der Waals surface area contributed by atoms with E-state index >= 15 is 0 Å². The summed E-state index contributed by atoms with van der Waals surface area (Å²) in [6.07, 6.45) is 0. The molecule has 0 aliphatic heterocycles. The standard InChI is InChI=1S/C14H10ClF4N/c1-7(8-3-2-4-9(15)5-8)20-14-12(18)10(16)6-11(17)13(14)19/h2-7,20H,1H3. The Balaban J connectivity index is 2.35. The summed E-state index contributed by atoms with van der Waals surface area (Å²) >= 11 is 5.81. The van der Waals surface area contributed by atoms with Gasteiger partial charge in [-0.2, -0.15) is 0 Å². The number of rotatable bonds is 3. The van der Waals surface area contributed by atoms with Gasteiger partial charge >= 0.3 is 0 Å². The third kappa shape index (κ3) is 2.88. The molecule has 0 aromatic heterocycles. The van der Waals surface area contributed by atoms with Gasteiger partial charge in [0.1, 0.15) is 5.69 Å². The summed E-state index contributed by atoms with van der Waals surface area (Å²) in [7, 11) is 0. The van der Waals surface area contributed by atoms with Crippen LogP contribution in [0.4, 0.5) is 23.2 Å². The minimum atomic E-state index is -1.46. The van der Waals surface area contributed by atoms with Crippen LogP contribution in [0.3, 0.4) is 0 Å². The Morgan fingerprint density at radius 3 is 2.15 bits per heavy atom. The molecule has 0 saturated carbocycles. The van der Waals surface area contributed by atoms with E-state index in [0.717, 1.165) is 0 Å². The highest BCUT2D eigenvalue weighted by molar-refractivity contribution is 6.30. The average Bonchev–Trinajstić information content (AvgIpc) is 2.41. The van der Waals surface area contributed by atoms with Crippen LogP contribution in [0.25, 0.3) is 0 Å². The lowest BCUT2D eigenvalue weighted by molar-refractivity contribution is 0.457. The lowest BCUT2D eigenvalue weighted by Crippen LogP contribution is -2.11. The Kier molecular flexibility index (Phi) is 4.18. The van der Waals surface area contributed by atoms with Crippen molar-refractivity contribution in [2.75, 3.05) is 5.32 Å². The maximum absolute atomic E-state index is 13.5. The summed E-state index contributed by atoms with van der Waals surface area (Å²) in [5, 5.41) is 2.86. The van der Waals surface area contributed by atoms with E-state index in [4.69, 9.17) is 11.6 Å². The lowest BCUT2D eigenvalue weighted by atomic mass is 10.1. The van der Waals surface area contributed by atoms with Gasteiger partial charge in [0.05, 0.1) is 0 Å². The predicted octanol–water partition coefficient (Wildman–Crippen LogP) is 5.07. The highest BCUT2D eigenvalue weighted by atomic mass is 35.5. The van der Waals surface area contributed by atoms with Crippen LogP contribution in [0, 0.1) is 23.3 Å². The number of hydrogen-bond acceptors (Lipinski definition) is 1. The molecule has 0 radical (unpaired) electrons. The molecular weight excluding hydrogens is 294 g/mol. The van der Waals surface area contributed by atoms with E-state index in [0.29, 0.717) is 10.6 Å². The summed E-state index contributed by atoms with van der Waals surface area (Å²) in [4.78, 5) is 0. The molecule has 0 aliphatic carbocycles. The van der Waals surface area contributed by atoms with Gasteiger partial charge in [-0.3, -0.25) is 0 Å². The molecule has 0 amide bonds. The zero-order chi connectivity index (χ0) is 14.9. The quantitative estimate of drug-likeness (QED) is 0.616. The fourth-order valence-corrected chi connectivity index (χ4v) is 1.97. The van der Waals surface area contributed by atoms with Crippen LogP contribution in [0.15, 0.2) is 30.3 Å². The molecule has 2 aromatic carbocycles. The molecule has 1 nitrogen and oxygen atoms in total. The van der Waals surface area contributed by atoms with Crippen molar-refractivity contribution in [3.8, 4) is 0 Å². The first kappa shape index (κ1) is 14.7. The zero-order valence-electron chi connectivity index (χ0n) is 10.4. The summed E-state index contributed by atoms with van der Waals surface area (Å²) in [6.45, 7) is 1.59. The van der Waals surface area contributed by atoms with Crippen LogP contribution in [-0.4, -0.2) is 0 Å². The maximum atomic E-state index is 13.5. The highest BCUT2D eigenvalue weighted by Crippen LogP contribution is 2.28. The number of nitrogens with one attached hydrogen (secondary N) is 1. The van der Waals surface area contributed by atoms with Gasteiger partial charge in [-0.15, -0.1) is 0 Å². The molecule has 0 saturated heterocycles. The van der Waals surface area contributed by atoms with Gasteiger partial charge in [0.2, 0.25) is 0 Å². The lowest BCUT2D eigenvalue weighted by Gasteiger charge is -2.17. The fraction of sp³-hybridized carbons (Fsp3) is 0.143. The molecule has 1 N–H and O–H groups in total. The van der Waals surface area contributed by atoms with Crippen LogP contribution in [-0.2, 0) is 0 Å². The first-order valence-electron chi connectivity index (χ1n) is 5.75. The SMILES string of the molecule is CC(Nc1c(F)c(F)cc(F)c1F)c1cccc(Cl)c1. The average molecular weight is 304 g/mol. The Hall–Kier alpha value is -1.75. The molecule has 0 spiro atoms. The smallest absolute Gasteiger partial charge is 0.185 e. The Bertz CT molecular complexity index is 619. The normalized spacial score (nSPS) is 12.3. The van der Waals surface area contributed by atoms with Crippen molar-refractivity contribution in [3.05, 3.63) is 64.2 Å². The van der Waals surface area contributed by atoms with E-state index in [9.17, 15) is 17.6 Å². The van der Waals surface area contributed by atoms with Crippen molar-refractivity contribution in [2.45, 2.75) is 13.0 Å². The van der Waals surface area contributed by atoms with Gasteiger partial charge in [-0.1, -0.05) is 23.7 Å². The van der Waals surface area contributed by atoms with E-state index in [2.05, 4.69) is 5.32 Å². The van der Waals surface area contributed by atoms with Crippen LogP contribution < -0.4 is 5.32 Å². The monoisotopic (exact) mass is 303 g/mol. The van der Waals surface area contributed by atoms with Crippen molar-refractivity contribution < 1.29 is 17.6 Å². The molecule has 0 bridgehead atoms. The number of anilines is 1.